The summed E-state index contributed by atoms with van der Waals surface area (Å²) in [5.41, 5.74) is 2.15. The lowest BCUT2D eigenvalue weighted by Gasteiger charge is -2.09. The average Bonchev–Trinajstić information content (AvgIpc) is 3.35. The molecule has 6 nitrogen and oxygen atoms in total. The van der Waals surface area contributed by atoms with E-state index in [-0.39, 0.29) is 17.7 Å². The molecule has 0 bridgehead atoms. The van der Waals surface area contributed by atoms with Crippen molar-refractivity contribution in [1.29, 1.82) is 0 Å². The predicted octanol–water partition coefficient (Wildman–Crippen LogP) is 4.59. The van der Waals surface area contributed by atoms with Crippen LogP contribution in [0.1, 0.15) is 29.3 Å². The lowest BCUT2D eigenvalue weighted by atomic mass is 10.1. The number of carbonyl (C=O) groups is 1. The van der Waals surface area contributed by atoms with Crippen LogP contribution in [0.25, 0.3) is 22.2 Å². The lowest BCUT2D eigenvalue weighted by molar-refractivity contribution is 0.0898. The Hall–Kier alpha value is -3.54. The summed E-state index contributed by atoms with van der Waals surface area (Å²) >= 11 is 0. The molecule has 4 rings (SSSR count). The fraction of sp³-hybridized carbons (Fsp3) is 0.143. The number of para-hydroxylation sites is 1. The van der Waals surface area contributed by atoms with Crippen LogP contribution in [0.3, 0.4) is 0 Å². The van der Waals surface area contributed by atoms with Crippen LogP contribution in [0.2, 0.25) is 0 Å². The fourth-order valence-corrected chi connectivity index (χ4v) is 2.90. The van der Waals surface area contributed by atoms with Gasteiger partial charge in [-0.25, -0.2) is 0 Å². The maximum Gasteiger partial charge on any atom is 0.290 e. The van der Waals surface area contributed by atoms with E-state index in [0.29, 0.717) is 22.8 Å². The summed E-state index contributed by atoms with van der Waals surface area (Å²) in [5.74, 6) is 1.07. The molecule has 1 amide bonds. The molecule has 1 N–H and O–H groups in total. The molecule has 4 aromatic rings. The van der Waals surface area contributed by atoms with Gasteiger partial charge in [-0.15, -0.1) is 0 Å². The molecule has 0 saturated carbocycles. The molecule has 1 atom stereocenters. The number of rotatable bonds is 5. The minimum absolute atomic E-state index is 0.148. The number of nitrogens with one attached hydrogen (secondary N) is 1. The summed E-state index contributed by atoms with van der Waals surface area (Å²) in [6.07, 6.45) is 0. The maximum absolute atomic E-state index is 12.5. The van der Waals surface area contributed by atoms with Crippen LogP contribution < -0.4 is 10.1 Å². The zero-order chi connectivity index (χ0) is 18.8. The van der Waals surface area contributed by atoms with E-state index in [9.17, 15) is 4.79 Å². The molecular formula is C21H18N2O4. The van der Waals surface area contributed by atoms with Gasteiger partial charge in [0.2, 0.25) is 5.76 Å². The summed E-state index contributed by atoms with van der Waals surface area (Å²) < 4.78 is 16.4. The van der Waals surface area contributed by atoms with Gasteiger partial charge < -0.3 is 19.0 Å². The summed E-state index contributed by atoms with van der Waals surface area (Å²) in [6.45, 7) is 1.84. The van der Waals surface area contributed by atoms with Crippen LogP contribution in [-0.4, -0.2) is 18.2 Å². The highest BCUT2D eigenvalue weighted by Crippen LogP contribution is 2.31. The third kappa shape index (κ3) is 3.29. The smallest absolute Gasteiger partial charge is 0.290 e. The summed E-state index contributed by atoms with van der Waals surface area (Å²) in [7, 11) is 1.59. The molecule has 1 unspecified atom stereocenters. The second kappa shape index (κ2) is 6.99. The first-order valence-corrected chi connectivity index (χ1v) is 8.55. The Kier molecular flexibility index (Phi) is 4.38. The molecule has 0 aliphatic rings. The van der Waals surface area contributed by atoms with Crippen LogP contribution in [0.5, 0.6) is 5.75 Å². The molecule has 0 spiro atoms. The van der Waals surface area contributed by atoms with Crippen molar-refractivity contribution >= 4 is 16.9 Å². The zero-order valence-corrected chi connectivity index (χ0v) is 14.9. The van der Waals surface area contributed by atoms with E-state index in [1.54, 1.807) is 13.2 Å². The fourth-order valence-electron chi connectivity index (χ4n) is 2.90. The van der Waals surface area contributed by atoms with Crippen molar-refractivity contribution < 1.29 is 18.5 Å². The summed E-state index contributed by atoms with van der Waals surface area (Å²) in [4.78, 5) is 12.5. The number of amides is 1. The Labute approximate surface area is 155 Å². The van der Waals surface area contributed by atoms with Crippen molar-refractivity contribution in [2.45, 2.75) is 13.0 Å². The van der Waals surface area contributed by atoms with Gasteiger partial charge in [0.05, 0.1) is 13.2 Å². The van der Waals surface area contributed by atoms with E-state index < -0.39 is 0 Å². The van der Waals surface area contributed by atoms with Gasteiger partial charge in [0.1, 0.15) is 11.5 Å². The number of methoxy groups -OCH3 is 1. The zero-order valence-electron chi connectivity index (χ0n) is 14.9. The normalized spacial score (nSPS) is 12.1. The Balaban J connectivity index is 1.52. The largest absolute Gasteiger partial charge is 0.493 e. The molecule has 6 heteroatoms. The second-order valence-electron chi connectivity index (χ2n) is 6.16. The molecule has 2 heterocycles. The number of furan rings is 1. The van der Waals surface area contributed by atoms with Crippen molar-refractivity contribution in [3.8, 4) is 17.0 Å². The third-order valence-electron chi connectivity index (χ3n) is 4.32. The van der Waals surface area contributed by atoms with E-state index >= 15 is 0 Å². The Bertz CT molecular complexity index is 1080. The second-order valence-corrected chi connectivity index (χ2v) is 6.16. The first-order valence-electron chi connectivity index (χ1n) is 8.55. The number of carbonyl (C=O) groups excluding carboxylic acids is 1. The maximum atomic E-state index is 12.5. The monoisotopic (exact) mass is 362 g/mol. The Morgan fingerprint density at radius 3 is 2.70 bits per heavy atom. The molecule has 136 valence electrons. The van der Waals surface area contributed by atoms with Crippen LogP contribution >= 0.6 is 0 Å². The van der Waals surface area contributed by atoms with Gasteiger partial charge in [-0.05, 0) is 19.1 Å². The van der Waals surface area contributed by atoms with Crippen molar-refractivity contribution in [1.82, 2.24) is 10.5 Å². The van der Waals surface area contributed by atoms with Gasteiger partial charge >= 0.3 is 0 Å². The number of fused-ring (bicyclic) bond motifs is 1. The molecular weight excluding hydrogens is 344 g/mol. The van der Waals surface area contributed by atoms with Crippen molar-refractivity contribution in [3.63, 3.8) is 0 Å². The third-order valence-corrected chi connectivity index (χ3v) is 4.32. The van der Waals surface area contributed by atoms with Gasteiger partial charge in [-0.3, -0.25) is 4.79 Å². The van der Waals surface area contributed by atoms with Crippen molar-refractivity contribution in [2.24, 2.45) is 0 Å². The number of nitrogens with zero attached hydrogens (tertiary/aromatic N) is 1. The Morgan fingerprint density at radius 2 is 1.93 bits per heavy atom. The average molecular weight is 362 g/mol. The van der Waals surface area contributed by atoms with E-state index in [1.165, 1.54) is 0 Å². The van der Waals surface area contributed by atoms with Crippen molar-refractivity contribution in [2.75, 3.05) is 7.11 Å². The minimum atomic E-state index is -0.357. The molecule has 27 heavy (non-hydrogen) atoms. The minimum Gasteiger partial charge on any atom is -0.493 e. The molecule has 0 radical (unpaired) electrons. The van der Waals surface area contributed by atoms with Gasteiger partial charge in [0.25, 0.3) is 5.91 Å². The van der Waals surface area contributed by atoms with Crippen molar-refractivity contribution in [3.05, 3.63) is 72.2 Å². The number of aromatic nitrogens is 1. The molecule has 2 aromatic carbocycles. The molecule has 0 aliphatic heterocycles. The predicted molar refractivity (Wildman–Crippen MR) is 101 cm³/mol. The first-order chi connectivity index (χ1) is 13.2. The quantitative estimate of drug-likeness (QED) is 0.562. The summed E-state index contributed by atoms with van der Waals surface area (Å²) in [5, 5.41) is 7.75. The van der Waals surface area contributed by atoms with E-state index in [1.807, 2.05) is 61.5 Å². The van der Waals surface area contributed by atoms with Crippen LogP contribution in [0.4, 0.5) is 0 Å². The van der Waals surface area contributed by atoms with Gasteiger partial charge in [-0.2, -0.15) is 0 Å². The Morgan fingerprint density at radius 1 is 1.11 bits per heavy atom. The number of benzene rings is 2. The number of hydrogen-bond donors (Lipinski definition) is 1. The summed E-state index contributed by atoms with van der Waals surface area (Å²) in [6, 6.07) is 18.4. The molecule has 0 aliphatic carbocycles. The van der Waals surface area contributed by atoms with Gasteiger partial charge in [-0.1, -0.05) is 47.6 Å². The standard InChI is InChI=1S/C21H18N2O4/c1-13(18-11-15-9-6-10-17(25-2)20(15)26-18)22-21(24)19-12-16(23-27-19)14-7-4-3-5-8-14/h3-13H,1-2H3,(H,22,24). The van der Waals surface area contributed by atoms with E-state index in [4.69, 9.17) is 13.7 Å². The highest BCUT2D eigenvalue weighted by Gasteiger charge is 2.20. The van der Waals surface area contributed by atoms with Gasteiger partial charge in [0, 0.05) is 17.0 Å². The van der Waals surface area contributed by atoms with Crippen LogP contribution in [0.15, 0.2) is 69.6 Å². The van der Waals surface area contributed by atoms with E-state index in [0.717, 1.165) is 10.9 Å². The van der Waals surface area contributed by atoms with Crippen LogP contribution in [0, 0.1) is 0 Å². The first kappa shape index (κ1) is 16.9. The highest BCUT2D eigenvalue weighted by atomic mass is 16.5. The highest BCUT2D eigenvalue weighted by molar-refractivity contribution is 5.92. The molecule has 0 saturated heterocycles. The molecule has 2 aromatic heterocycles. The number of hydrogen-bond acceptors (Lipinski definition) is 5. The number of ether oxygens (including phenoxy) is 1. The van der Waals surface area contributed by atoms with Crippen LogP contribution in [-0.2, 0) is 0 Å². The van der Waals surface area contributed by atoms with Gasteiger partial charge in [0.15, 0.2) is 11.3 Å². The molecule has 0 fully saturated rings. The SMILES string of the molecule is COc1cccc2cc(C(C)NC(=O)c3cc(-c4ccccc4)no3)oc12. The lowest BCUT2D eigenvalue weighted by Crippen LogP contribution is -2.25. The topological polar surface area (TPSA) is 77.5 Å². The van der Waals surface area contributed by atoms with E-state index in [2.05, 4.69) is 10.5 Å².